The molecule has 0 saturated carbocycles. The van der Waals surface area contributed by atoms with Gasteiger partial charge >= 0.3 is 0 Å². The molecule has 2 aromatic rings. The molecule has 1 saturated heterocycles. The molecule has 1 unspecified atom stereocenters. The minimum atomic E-state index is -0.598. The SMILES string of the molecule is C/C(=N/N=C1\NC(=O)CC(C(=O)Nc2ccccc2)S1)c1ccc(F)cc1. The minimum Gasteiger partial charge on any atom is -0.325 e. The molecule has 1 aliphatic rings. The molecule has 8 heteroatoms. The molecule has 0 radical (unpaired) electrons. The quantitative estimate of drug-likeness (QED) is 0.627. The van der Waals surface area contributed by atoms with Crippen LogP contribution in [0.2, 0.25) is 0 Å². The summed E-state index contributed by atoms with van der Waals surface area (Å²) in [7, 11) is 0. The Morgan fingerprint density at radius 3 is 2.59 bits per heavy atom. The van der Waals surface area contributed by atoms with Gasteiger partial charge in [0.1, 0.15) is 11.1 Å². The predicted octanol–water partition coefficient (Wildman–Crippen LogP) is 3.17. The van der Waals surface area contributed by atoms with Crippen molar-refractivity contribution in [2.75, 3.05) is 5.32 Å². The van der Waals surface area contributed by atoms with Gasteiger partial charge in [0.25, 0.3) is 0 Å². The van der Waals surface area contributed by atoms with E-state index >= 15 is 0 Å². The van der Waals surface area contributed by atoms with E-state index in [2.05, 4.69) is 20.8 Å². The monoisotopic (exact) mass is 384 g/mol. The van der Waals surface area contributed by atoms with Gasteiger partial charge in [-0.2, -0.15) is 5.10 Å². The smallest absolute Gasteiger partial charge is 0.238 e. The van der Waals surface area contributed by atoms with Crippen LogP contribution in [0.25, 0.3) is 0 Å². The highest BCUT2D eigenvalue weighted by Crippen LogP contribution is 2.22. The van der Waals surface area contributed by atoms with Gasteiger partial charge in [0, 0.05) is 12.1 Å². The van der Waals surface area contributed by atoms with Crippen LogP contribution in [0.5, 0.6) is 0 Å². The second-order valence-electron chi connectivity index (χ2n) is 5.81. The van der Waals surface area contributed by atoms with Crippen LogP contribution in [0.1, 0.15) is 18.9 Å². The van der Waals surface area contributed by atoms with E-state index in [1.807, 2.05) is 18.2 Å². The fraction of sp³-hybridized carbons (Fsp3) is 0.158. The van der Waals surface area contributed by atoms with Crippen LogP contribution < -0.4 is 10.6 Å². The Hall–Kier alpha value is -3.00. The van der Waals surface area contributed by atoms with Gasteiger partial charge in [0.15, 0.2) is 5.17 Å². The Labute approximate surface area is 160 Å². The summed E-state index contributed by atoms with van der Waals surface area (Å²) in [6, 6.07) is 14.9. The summed E-state index contributed by atoms with van der Waals surface area (Å²) in [5, 5.41) is 13.2. The second kappa shape index (κ2) is 8.59. The van der Waals surface area contributed by atoms with E-state index in [9.17, 15) is 14.0 Å². The van der Waals surface area contributed by atoms with Crippen LogP contribution >= 0.6 is 11.8 Å². The maximum Gasteiger partial charge on any atom is 0.238 e. The Balaban J connectivity index is 1.69. The third kappa shape index (κ3) is 5.24. The molecule has 3 rings (SSSR count). The molecule has 1 atom stereocenters. The molecular formula is C19H17FN4O2S. The summed E-state index contributed by atoms with van der Waals surface area (Å²) in [5.41, 5.74) is 1.94. The second-order valence-corrected chi connectivity index (χ2v) is 7.00. The molecular weight excluding hydrogens is 367 g/mol. The van der Waals surface area contributed by atoms with Crippen LogP contribution in [-0.4, -0.2) is 27.9 Å². The van der Waals surface area contributed by atoms with Gasteiger partial charge in [-0.05, 0) is 36.8 Å². The fourth-order valence-electron chi connectivity index (χ4n) is 2.35. The average molecular weight is 384 g/mol. The summed E-state index contributed by atoms with van der Waals surface area (Å²) in [5.74, 6) is -0.899. The van der Waals surface area contributed by atoms with Crippen molar-refractivity contribution in [2.24, 2.45) is 10.2 Å². The topological polar surface area (TPSA) is 82.9 Å². The van der Waals surface area contributed by atoms with Crippen molar-refractivity contribution < 1.29 is 14.0 Å². The minimum absolute atomic E-state index is 0.0585. The number of amides is 2. The molecule has 1 heterocycles. The summed E-state index contributed by atoms with van der Waals surface area (Å²) >= 11 is 1.14. The van der Waals surface area contributed by atoms with Gasteiger partial charge in [-0.25, -0.2) is 4.39 Å². The zero-order chi connectivity index (χ0) is 19.2. The van der Waals surface area contributed by atoms with E-state index in [-0.39, 0.29) is 29.2 Å². The number of amidine groups is 1. The molecule has 2 aromatic carbocycles. The molecule has 2 N–H and O–H groups in total. The number of rotatable bonds is 4. The van der Waals surface area contributed by atoms with Crippen molar-refractivity contribution in [1.29, 1.82) is 0 Å². The van der Waals surface area contributed by atoms with E-state index in [1.54, 1.807) is 31.2 Å². The molecule has 0 bridgehead atoms. The van der Waals surface area contributed by atoms with Crippen LogP contribution in [-0.2, 0) is 9.59 Å². The Bertz CT molecular complexity index is 898. The first-order chi connectivity index (χ1) is 13.0. The number of carbonyl (C=O) groups excluding carboxylic acids is 2. The largest absolute Gasteiger partial charge is 0.325 e. The van der Waals surface area contributed by atoms with Crippen LogP contribution in [0.3, 0.4) is 0 Å². The highest BCUT2D eigenvalue weighted by atomic mass is 32.2. The number of halogens is 1. The van der Waals surface area contributed by atoms with E-state index in [4.69, 9.17) is 0 Å². The average Bonchev–Trinajstić information content (AvgIpc) is 2.67. The van der Waals surface area contributed by atoms with Gasteiger partial charge < -0.3 is 10.6 Å². The molecule has 6 nitrogen and oxygen atoms in total. The highest BCUT2D eigenvalue weighted by molar-refractivity contribution is 8.15. The lowest BCUT2D eigenvalue weighted by atomic mass is 10.1. The lowest BCUT2D eigenvalue weighted by Crippen LogP contribution is -2.41. The lowest BCUT2D eigenvalue weighted by molar-refractivity contribution is -0.123. The highest BCUT2D eigenvalue weighted by Gasteiger charge is 2.30. The number of anilines is 1. The van der Waals surface area contributed by atoms with Crippen molar-refractivity contribution in [2.45, 2.75) is 18.6 Å². The summed E-state index contributed by atoms with van der Waals surface area (Å²) < 4.78 is 13.0. The van der Waals surface area contributed by atoms with Gasteiger partial charge in [-0.1, -0.05) is 42.1 Å². The number of hydrogen-bond donors (Lipinski definition) is 2. The van der Waals surface area contributed by atoms with Gasteiger partial charge in [-0.15, -0.1) is 5.10 Å². The Morgan fingerprint density at radius 1 is 1.19 bits per heavy atom. The molecule has 1 fully saturated rings. The standard InChI is InChI=1S/C19H17FN4O2S/c1-12(13-7-9-14(20)10-8-13)23-24-19-22-17(25)11-16(27-19)18(26)21-15-5-3-2-4-6-15/h2-10,16H,11H2,1H3,(H,21,26)(H,22,24,25)/b23-12-. The molecule has 0 aromatic heterocycles. The third-order valence-electron chi connectivity index (χ3n) is 3.76. The summed E-state index contributed by atoms with van der Waals surface area (Å²) in [6.07, 6.45) is 0.0585. The Kier molecular flexibility index (Phi) is 5.97. The van der Waals surface area contributed by atoms with Gasteiger partial charge in [0.05, 0.1) is 5.71 Å². The third-order valence-corrected chi connectivity index (χ3v) is 4.83. The van der Waals surface area contributed by atoms with Crippen LogP contribution in [0, 0.1) is 5.82 Å². The summed E-state index contributed by atoms with van der Waals surface area (Å²) in [6.45, 7) is 1.73. The molecule has 0 aliphatic carbocycles. The van der Waals surface area contributed by atoms with E-state index in [0.29, 0.717) is 17.0 Å². The number of thioether (sulfide) groups is 1. The van der Waals surface area contributed by atoms with E-state index < -0.39 is 5.25 Å². The normalized spacial score (nSPS) is 18.9. The lowest BCUT2D eigenvalue weighted by Gasteiger charge is -2.21. The maximum atomic E-state index is 13.0. The van der Waals surface area contributed by atoms with Gasteiger partial charge in [-0.3, -0.25) is 9.59 Å². The van der Waals surface area contributed by atoms with Crippen molar-refractivity contribution in [3.8, 4) is 0 Å². The summed E-state index contributed by atoms with van der Waals surface area (Å²) in [4.78, 5) is 24.3. The first-order valence-corrected chi connectivity index (χ1v) is 9.10. The van der Waals surface area contributed by atoms with Crippen LogP contribution in [0.4, 0.5) is 10.1 Å². The fourth-order valence-corrected chi connectivity index (χ4v) is 3.28. The number of nitrogens with one attached hydrogen (secondary N) is 2. The molecule has 138 valence electrons. The number of para-hydroxylation sites is 1. The molecule has 27 heavy (non-hydrogen) atoms. The first-order valence-electron chi connectivity index (χ1n) is 8.22. The number of hydrogen-bond acceptors (Lipinski definition) is 5. The molecule has 0 spiro atoms. The van der Waals surface area contributed by atoms with Crippen molar-refractivity contribution >= 4 is 40.1 Å². The van der Waals surface area contributed by atoms with E-state index in [1.165, 1.54) is 12.1 Å². The number of carbonyl (C=O) groups is 2. The predicted molar refractivity (Wildman–Crippen MR) is 105 cm³/mol. The van der Waals surface area contributed by atoms with E-state index in [0.717, 1.165) is 11.8 Å². The number of nitrogens with zero attached hydrogens (tertiary/aromatic N) is 2. The maximum absolute atomic E-state index is 13.0. The van der Waals surface area contributed by atoms with Crippen LogP contribution in [0.15, 0.2) is 64.8 Å². The zero-order valence-corrected chi connectivity index (χ0v) is 15.3. The first kappa shape index (κ1) is 18.8. The van der Waals surface area contributed by atoms with Crippen molar-refractivity contribution in [3.05, 3.63) is 66.0 Å². The number of benzene rings is 2. The molecule has 2 amide bonds. The van der Waals surface area contributed by atoms with Crippen molar-refractivity contribution in [1.82, 2.24) is 5.32 Å². The van der Waals surface area contributed by atoms with Crippen molar-refractivity contribution in [3.63, 3.8) is 0 Å². The molecule has 1 aliphatic heterocycles. The van der Waals surface area contributed by atoms with Gasteiger partial charge in [0.2, 0.25) is 11.8 Å². The zero-order valence-electron chi connectivity index (χ0n) is 14.5. The Morgan fingerprint density at radius 2 is 1.89 bits per heavy atom.